The molecule has 0 amide bonds. The Morgan fingerprint density at radius 2 is 1.76 bits per heavy atom. The van der Waals surface area contributed by atoms with E-state index in [0.29, 0.717) is 12.2 Å². The summed E-state index contributed by atoms with van der Waals surface area (Å²) in [5, 5.41) is 2.89. The molecule has 0 aliphatic carbocycles. The van der Waals surface area contributed by atoms with Gasteiger partial charge in [0.15, 0.2) is 5.03 Å². The van der Waals surface area contributed by atoms with Crippen LogP contribution < -0.4 is 14.8 Å². The molecule has 0 aromatic carbocycles. The molecule has 10 heteroatoms. The fourth-order valence-corrected chi connectivity index (χ4v) is 3.10. The molecule has 0 aliphatic heterocycles. The molecular formula is C11H20N4O4S2. The molecule has 1 rings (SSSR count). The molecule has 0 saturated heterocycles. The largest absolute Gasteiger partial charge is 0.383 e. The molecule has 1 heterocycles. The molecule has 0 radical (unpaired) electrons. The Balaban J connectivity index is 2.74. The van der Waals surface area contributed by atoms with Crippen molar-refractivity contribution in [3.05, 3.63) is 18.3 Å². The predicted molar refractivity (Wildman–Crippen MR) is 81.1 cm³/mol. The van der Waals surface area contributed by atoms with Crippen LogP contribution in [0.3, 0.4) is 0 Å². The van der Waals surface area contributed by atoms with Crippen LogP contribution in [0.5, 0.6) is 0 Å². The molecule has 3 N–H and O–H groups in total. The van der Waals surface area contributed by atoms with Crippen molar-refractivity contribution in [2.45, 2.75) is 18.4 Å². The Bertz CT molecular complexity index is 659. The van der Waals surface area contributed by atoms with Gasteiger partial charge < -0.3 is 5.32 Å². The SMILES string of the molecule is CCCNc1cccnc1S(=O)(=O)NCCNS(C)(=O)=O. The molecule has 0 atom stereocenters. The Labute approximate surface area is 125 Å². The minimum absolute atomic E-state index is 0.0252. The van der Waals surface area contributed by atoms with Gasteiger partial charge in [-0.3, -0.25) is 0 Å². The molecule has 0 bridgehead atoms. The number of anilines is 1. The summed E-state index contributed by atoms with van der Waals surface area (Å²) in [7, 11) is -7.14. The smallest absolute Gasteiger partial charge is 0.260 e. The van der Waals surface area contributed by atoms with Crippen molar-refractivity contribution in [1.82, 2.24) is 14.4 Å². The summed E-state index contributed by atoms with van der Waals surface area (Å²) in [5.74, 6) is 0. The van der Waals surface area contributed by atoms with Crippen molar-refractivity contribution in [2.75, 3.05) is 31.2 Å². The van der Waals surface area contributed by atoms with Crippen LogP contribution in [0.25, 0.3) is 0 Å². The van der Waals surface area contributed by atoms with Crippen molar-refractivity contribution in [2.24, 2.45) is 0 Å². The third kappa shape index (κ3) is 6.38. The number of nitrogens with zero attached hydrogens (tertiary/aromatic N) is 1. The van der Waals surface area contributed by atoms with E-state index in [1.54, 1.807) is 12.1 Å². The third-order valence-corrected chi connectivity index (χ3v) is 4.52. The summed E-state index contributed by atoms with van der Waals surface area (Å²) >= 11 is 0. The Kier molecular flexibility index (Phi) is 6.52. The van der Waals surface area contributed by atoms with Gasteiger partial charge in [0.05, 0.1) is 11.9 Å². The normalized spacial score (nSPS) is 12.3. The van der Waals surface area contributed by atoms with Gasteiger partial charge in [0.1, 0.15) is 0 Å². The first-order valence-electron chi connectivity index (χ1n) is 6.39. The van der Waals surface area contributed by atoms with Gasteiger partial charge in [-0.15, -0.1) is 0 Å². The molecule has 1 aromatic heterocycles. The van der Waals surface area contributed by atoms with E-state index in [4.69, 9.17) is 0 Å². The highest BCUT2D eigenvalue weighted by atomic mass is 32.2. The van der Waals surface area contributed by atoms with E-state index in [1.165, 1.54) is 6.20 Å². The van der Waals surface area contributed by atoms with Gasteiger partial charge >= 0.3 is 0 Å². The average Bonchev–Trinajstić information content (AvgIpc) is 2.41. The predicted octanol–water partition coefficient (Wildman–Crippen LogP) is -0.269. The number of hydrogen-bond donors (Lipinski definition) is 3. The lowest BCUT2D eigenvalue weighted by atomic mass is 10.4. The second kappa shape index (κ2) is 7.69. The summed E-state index contributed by atoms with van der Waals surface area (Å²) in [6.07, 6.45) is 3.24. The minimum atomic E-state index is -3.80. The van der Waals surface area contributed by atoms with Crippen molar-refractivity contribution in [3.8, 4) is 0 Å². The molecule has 0 fully saturated rings. The molecule has 21 heavy (non-hydrogen) atoms. The van der Waals surface area contributed by atoms with Crippen LogP contribution in [-0.4, -0.2) is 47.7 Å². The zero-order valence-electron chi connectivity index (χ0n) is 12.0. The fraction of sp³-hybridized carbons (Fsp3) is 0.545. The van der Waals surface area contributed by atoms with Gasteiger partial charge in [-0.1, -0.05) is 6.92 Å². The van der Waals surface area contributed by atoms with E-state index in [9.17, 15) is 16.8 Å². The monoisotopic (exact) mass is 336 g/mol. The van der Waals surface area contributed by atoms with Crippen LogP contribution in [-0.2, 0) is 20.0 Å². The van der Waals surface area contributed by atoms with E-state index in [2.05, 4.69) is 19.7 Å². The van der Waals surface area contributed by atoms with Crippen LogP contribution in [0, 0.1) is 0 Å². The molecule has 0 saturated carbocycles. The lowest BCUT2D eigenvalue weighted by Crippen LogP contribution is -2.34. The summed E-state index contributed by atoms with van der Waals surface area (Å²) in [6.45, 7) is 2.51. The van der Waals surface area contributed by atoms with Crippen LogP contribution in [0.4, 0.5) is 5.69 Å². The Morgan fingerprint density at radius 3 is 2.38 bits per heavy atom. The Morgan fingerprint density at radius 1 is 1.10 bits per heavy atom. The number of pyridine rings is 1. The third-order valence-electron chi connectivity index (χ3n) is 2.37. The van der Waals surface area contributed by atoms with Gasteiger partial charge in [-0.05, 0) is 18.6 Å². The molecule has 0 unspecified atom stereocenters. The summed E-state index contributed by atoms with van der Waals surface area (Å²) < 4.78 is 50.6. The lowest BCUT2D eigenvalue weighted by molar-refractivity contribution is 0.571. The number of aromatic nitrogens is 1. The van der Waals surface area contributed by atoms with Crippen LogP contribution >= 0.6 is 0 Å². The molecule has 1 aromatic rings. The maximum absolute atomic E-state index is 12.1. The van der Waals surface area contributed by atoms with Gasteiger partial charge in [-0.2, -0.15) is 0 Å². The fourth-order valence-electron chi connectivity index (χ4n) is 1.49. The quantitative estimate of drug-likeness (QED) is 0.535. The summed E-state index contributed by atoms with van der Waals surface area (Å²) in [4.78, 5) is 3.88. The van der Waals surface area contributed by atoms with Crippen molar-refractivity contribution in [3.63, 3.8) is 0 Å². The van der Waals surface area contributed by atoms with E-state index in [-0.39, 0.29) is 18.1 Å². The van der Waals surface area contributed by atoms with Crippen LogP contribution in [0.15, 0.2) is 23.4 Å². The molecule has 8 nitrogen and oxygen atoms in total. The van der Waals surface area contributed by atoms with Gasteiger partial charge in [-0.25, -0.2) is 31.3 Å². The first kappa shape index (κ1) is 17.8. The first-order chi connectivity index (χ1) is 9.76. The van der Waals surface area contributed by atoms with Crippen LogP contribution in [0.1, 0.15) is 13.3 Å². The maximum Gasteiger partial charge on any atom is 0.260 e. The minimum Gasteiger partial charge on any atom is -0.383 e. The standard InChI is InChI=1S/C11H20N4O4S2/c1-3-6-12-10-5-4-7-13-11(10)21(18,19)15-9-8-14-20(2,16)17/h4-5,7,12,14-15H,3,6,8-9H2,1-2H3. The number of hydrogen-bond acceptors (Lipinski definition) is 6. The van der Waals surface area contributed by atoms with E-state index in [1.807, 2.05) is 6.92 Å². The number of nitrogens with one attached hydrogen (secondary N) is 3. The van der Waals surface area contributed by atoms with Crippen molar-refractivity contribution >= 4 is 25.7 Å². The Hall–Kier alpha value is -1.23. The zero-order chi connectivity index (χ0) is 15.9. The molecule has 0 aliphatic rings. The number of sulfonamides is 2. The average molecular weight is 336 g/mol. The zero-order valence-corrected chi connectivity index (χ0v) is 13.6. The molecule has 0 spiro atoms. The van der Waals surface area contributed by atoms with Crippen LogP contribution in [0.2, 0.25) is 0 Å². The topological polar surface area (TPSA) is 117 Å². The summed E-state index contributed by atoms with van der Waals surface area (Å²) in [6, 6.07) is 3.27. The second-order valence-electron chi connectivity index (χ2n) is 4.35. The van der Waals surface area contributed by atoms with Crippen molar-refractivity contribution in [1.29, 1.82) is 0 Å². The second-order valence-corrected chi connectivity index (χ2v) is 7.86. The van der Waals surface area contributed by atoms with Gasteiger partial charge in [0.25, 0.3) is 10.0 Å². The highest BCUT2D eigenvalue weighted by Crippen LogP contribution is 2.17. The number of rotatable bonds is 9. The lowest BCUT2D eigenvalue weighted by Gasteiger charge is -2.11. The van der Waals surface area contributed by atoms with E-state index in [0.717, 1.165) is 12.7 Å². The van der Waals surface area contributed by atoms with Gasteiger partial charge in [0, 0.05) is 25.8 Å². The highest BCUT2D eigenvalue weighted by molar-refractivity contribution is 7.89. The van der Waals surface area contributed by atoms with E-state index < -0.39 is 20.0 Å². The maximum atomic E-state index is 12.1. The van der Waals surface area contributed by atoms with E-state index >= 15 is 0 Å². The molecule has 120 valence electrons. The van der Waals surface area contributed by atoms with Gasteiger partial charge in [0.2, 0.25) is 10.0 Å². The summed E-state index contributed by atoms with van der Waals surface area (Å²) in [5.41, 5.74) is 0.419. The van der Waals surface area contributed by atoms with Crippen molar-refractivity contribution < 1.29 is 16.8 Å². The highest BCUT2D eigenvalue weighted by Gasteiger charge is 2.19. The first-order valence-corrected chi connectivity index (χ1v) is 9.77. The molecular weight excluding hydrogens is 316 g/mol.